The Balaban J connectivity index is 2.97. The van der Waals surface area contributed by atoms with Gasteiger partial charge in [-0.15, -0.1) is 0 Å². The molecule has 1 amide bonds. The van der Waals surface area contributed by atoms with Crippen molar-refractivity contribution in [2.75, 3.05) is 0 Å². The fourth-order valence-electron chi connectivity index (χ4n) is 0.916. The molecule has 1 heterocycles. The van der Waals surface area contributed by atoms with Crippen molar-refractivity contribution in [1.29, 1.82) is 0 Å². The average Bonchev–Trinajstić information content (AvgIpc) is 1.96. The van der Waals surface area contributed by atoms with E-state index in [0.717, 1.165) is 15.7 Å². The Labute approximate surface area is 79.1 Å². The third kappa shape index (κ3) is 2.30. The zero-order chi connectivity index (χ0) is 9.14. The molecule has 0 aliphatic rings. The first-order chi connectivity index (χ1) is 5.59. The van der Waals surface area contributed by atoms with Gasteiger partial charge in [0.25, 0.3) is 0 Å². The molecule has 0 atom stereocenters. The highest BCUT2D eigenvalue weighted by Crippen LogP contribution is 2.13. The lowest BCUT2D eigenvalue weighted by Crippen LogP contribution is -2.14. The van der Waals surface area contributed by atoms with Gasteiger partial charge in [-0.05, 0) is 34.5 Å². The molecule has 0 bridgehead atoms. The van der Waals surface area contributed by atoms with Crippen LogP contribution in [0, 0.1) is 6.92 Å². The molecule has 0 spiro atoms. The van der Waals surface area contributed by atoms with Gasteiger partial charge in [0.05, 0.1) is 6.42 Å². The Hall–Kier alpha value is -0.900. The number of aromatic nitrogens is 1. The summed E-state index contributed by atoms with van der Waals surface area (Å²) in [6.07, 6.45) is 1.94. The molecule has 0 aliphatic heterocycles. The van der Waals surface area contributed by atoms with Crippen LogP contribution in [0.25, 0.3) is 0 Å². The van der Waals surface area contributed by atoms with Crippen molar-refractivity contribution in [1.82, 2.24) is 4.98 Å². The highest BCUT2D eigenvalue weighted by molar-refractivity contribution is 9.10. The molecule has 1 aromatic rings. The van der Waals surface area contributed by atoms with E-state index in [4.69, 9.17) is 5.73 Å². The standard InChI is InChI=1S/C8H9BrN2O/c1-5-6(3-8(10)12)2-7(9)4-11-5/h2,4H,3H2,1H3,(H2,10,12). The molecule has 1 aromatic heterocycles. The predicted molar refractivity (Wildman–Crippen MR) is 49.6 cm³/mol. The molecule has 0 aliphatic carbocycles. The number of hydrogen-bond acceptors (Lipinski definition) is 2. The molecular formula is C8H9BrN2O. The number of aryl methyl sites for hydroxylation is 1. The van der Waals surface area contributed by atoms with Crippen LogP contribution in [0.5, 0.6) is 0 Å². The van der Waals surface area contributed by atoms with Crippen LogP contribution in [-0.4, -0.2) is 10.9 Å². The minimum atomic E-state index is -0.335. The summed E-state index contributed by atoms with van der Waals surface area (Å²) in [5.74, 6) is -0.335. The van der Waals surface area contributed by atoms with E-state index in [2.05, 4.69) is 20.9 Å². The second-order valence-corrected chi connectivity index (χ2v) is 3.46. The van der Waals surface area contributed by atoms with Crippen LogP contribution in [0.1, 0.15) is 11.3 Å². The van der Waals surface area contributed by atoms with E-state index in [0.29, 0.717) is 0 Å². The molecule has 12 heavy (non-hydrogen) atoms. The first kappa shape index (κ1) is 9.19. The van der Waals surface area contributed by atoms with Gasteiger partial charge in [0.15, 0.2) is 0 Å². The van der Waals surface area contributed by atoms with Crippen molar-refractivity contribution >= 4 is 21.8 Å². The molecule has 0 aromatic carbocycles. The monoisotopic (exact) mass is 228 g/mol. The quantitative estimate of drug-likeness (QED) is 0.827. The first-order valence-corrected chi connectivity index (χ1v) is 4.28. The van der Waals surface area contributed by atoms with E-state index >= 15 is 0 Å². The summed E-state index contributed by atoms with van der Waals surface area (Å²) >= 11 is 3.27. The summed E-state index contributed by atoms with van der Waals surface area (Å²) in [5, 5.41) is 0. The van der Waals surface area contributed by atoms with Crippen molar-refractivity contribution in [2.45, 2.75) is 13.3 Å². The molecule has 0 fully saturated rings. The molecule has 2 N–H and O–H groups in total. The van der Waals surface area contributed by atoms with Gasteiger partial charge in [0, 0.05) is 16.4 Å². The highest BCUT2D eigenvalue weighted by Gasteiger charge is 2.03. The second-order valence-electron chi connectivity index (χ2n) is 2.54. The summed E-state index contributed by atoms with van der Waals surface area (Å²) < 4.78 is 0.865. The summed E-state index contributed by atoms with van der Waals surface area (Å²) in [5.41, 5.74) is 6.78. The number of amides is 1. The van der Waals surface area contributed by atoms with Crippen LogP contribution in [0.2, 0.25) is 0 Å². The number of halogens is 1. The maximum atomic E-state index is 10.6. The van der Waals surface area contributed by atoms with Gasteiger partial charge >= 0.3 is 0 Å². The second kappa shape index (κ2) is 3.67. The lowest BCUT2D eigenvalue weighted by Gasteiger charge is -2.01. The molecule has 0 saturated carbocycles. The molecular weight excluding hydrogens is 220 g/mol. The Morgan fingerprint density at radius 1 is 1.75 bits per heavy atom. The van der Waals surface area contributed by atoms with Gasteiger partial charge in [0.2, 0.25) is 5.91 Å². The minimum Gasteiger partial charge on any atom is -0.369 e. The van der Waals surface area contributed by atoms with Crippen LogP contribution in [0.15, 0.2) is 16.7 Å². The van der Waals surface area contributed by atoms with E-state index in [9.17, 15) is 4.79 Å². The maximum absolute atomic E-state index is 10.6. The maximum Gasteiger partial charge on any atom is 0.221 e. The smallest absolute Gasteiger partial charge is 0.221 e. The Kier molecular flexibility index (Phi) is 2.81. The zero-order valence-electron chi connectivity index (χ0n) is 6.67. The van der Waals surface area contributed by atoms with Gasteiger partial charge in [-0.2, -0.15) is 0 Å². The topological polar surface area (TPSA) is 56.0 Å². The van der Waals surface area contributed by atoms with E-state index in [-0.39, 0.29) is 12.3 Å². The van der Waals surface area contributed by atoms with Gasteiger partial charge in [0.1, 0.15) is 0 Å². The molecule has 64 valence electrons. The SMILES string of the molecule is Cc1ncc(Br)cc1CC(N)=O. The molecule has 0 unspecified atom stereocenters. The predicted octanol–water partition coefficient (Wildman–Crippen LogP) is 1.18. The van der Waals surface area contributed by atoms with Gasteiger partial charge in [-0.25, -0.2) is 0 Å². The Morgan fingerprint density at radius 2 is 2.42 bits per heavy atom. The number of hydrogen-bond donors (Lipinski definition) is 1. The fourth-order valence-corrected chi connectivity index (χ4v) is 1.29. The molecule has 0 saturated heterocycles. The van der Waals surface area contributed by atoms with E-state index in [1.807, 2.05) is 13.0 Å². The van der Waals surface area contributed by atoms with E-state index < -0.39 is 0 Å². The molecule has 4 heteroatoms. The molecule has 0 radical (unpaired) electrons. The van der Waals surface area contributed by atoms with Crippen molar-refractivity contribution in [3.8, 4) is 0 Å². The third-order valence-corrected chi connectivity index (χ3v) is 1.96. The number of pyridine rings is 1. The lowest BCUT2D eigenvalue weighted by atomic mass is 10.1. The highest BCUT2D eigenvalue weighted by atomic mass is 79.9. The van der Waals surface area contributed by atoms with E-state index in [1.54, 1.807) is 6.20 Å². The number of rotatable bonds is 2. The summed E-state index contributed by atoms with van der Waals surface area (Å²) in [4.78, 5) is 14.7. The summed E-state index contributed by atoms with van der Waals surface area (Å²) in [6.45, 7) is 1.85. The third-order valence-electron chi connectivity index (χ3n) is 1.52. The van der Waals surface area contributed by atoms with Gasteiger partial charge in [-0.3, -0.25) is 9.78 Å². The van der Waals surface area contributed by atoms with Crippen molar-refractivity contribution in [3.63, 3.8) is 0 Å². The zero-order valence-corrected chi connectivity index (χ0v) is 8.26. The number of primary amides is 1. The average molecular weight is 229 g/mol. The van der Waals surface area contributed by atoms with Crippen LogP contribution < -0.4 is 5.73 Å². The number of carbonyl (C=O) groups excluding carboxylic acids is 1. The van der Waals surface area contributed by atoms with Crippen molar-refractivity contribution in [3.05, 3.63) is 28.0 Å². The van der Waals surface area contributed by atoms with Crippen molar-refractivity contribution < 1.29 is 4.79 Å². The van der Waals surface area contributed by atoms with Crippen LogP contribution in [-0.2, 0) is 11.2 Å². The molecule has 3 nitrogen and oxygen atoms in total. The lowest BCUT2D eigenvalue weighted by molar-refractivity contribution is -0.117. The number of nitrogens with zero attached hydrogens (tertiary/aromatic N) is 1. The summed E-state index contributed by atoms with van der Waals surface area (Å²) in [7, 11) is 0. The first-order valence-electron chi connectivity index (χ1n) is 3.49. The fraction of sp³-hybridized carbons (Fsp3) is 0.250. The molecule has 1 rings (SSSR count). The van der Waals surface area contributed by atoms with Gasteiger partial charge < -0.3 is 5.73 Å². The number of carbonyl (C=O) groups is 1. The normalized spacial score (nSPS) is 9.83. The largest absolute Gasteiger partial charge is 0.369 e. The van der Waals surface area contributed by atoms with Crippen LogP contribution in [0.4, 0.5) is 0 Å². The summed E-state index contributed by atoms with van der Waals surface area (Å²) in [6, 6.07) is 1.85. The Morgan fingerprint density at radius 3 is 3.00 bits per heavy atom. The minimum absolute atomic E-state index is 0.248. The Bertz CT molecular complexity index is 312. The van der Waals surface area contributed by atoms with Crippen molar-refractivity contribution in [2.24, 2.45) is 5.73 Å². The van der Waals surface area contributed by atoms with Crippen LogP contribution in [0.3, 0.4) is 0 Å². The number of nitrogens with two attached hydrogens (primary N) is 1. The van der Waals surface area contributed by atoms with Crippen LogP contribution >= 0.6 is 15.9 Å². The van der Waals surface area contributed by atoms with E-state index in [1.165, 1.54) is 0 Å². The van der Waals surface area contributed by atoms with Gasteiger partial charge in [-0.1, -0.05) is 0 Å².